The topological polar surface area (TPSA) is 68.9 Å². The van der Waals surface area contributed by atoms with Crippen LogP contribution in [0.2, 0.25) is 0 Å². The van der Waals surface area contributed by atoms with Crippen LogP contribution in [0.3, 0.4) is 0 Å². The molecule has 0 saturated heterocycles. The molecule has 0 aliphatic carbocycles. The highest BCUT2D eigenvalue weighted by atomic mass is 16.1. The van der Waals surface area contributed by atoms with E-state index in [1.165, 1.54) is 0 Å². The maximum atomic E-state index is 12.4. The predicted octanol–water partition coefficient (Wildman–Crippen LogP) is 2.95. The van der Waals surface area contributed by atoms with Gasteiger partial charge in [-0.25, -0.2) is 9.97 Å². The van der Waals surface area contributed by atoms with Crippen LogP contribution in [0.15, 0.2) is 48.7 Å². The number of pyridine rings is 2. The van der Waals surface area contributed by atoms with E-state index in [4.69, 9.17) is 5.73 Å². The minimum atomic E-state index is -0.0523. The molecule has 0 bridgehead atoms. The van der Waals surface area contributed by atoms with Crippen molar-refractivity contribution in [3.8, 4) is 0 Å². The second-order valence-corrected chi connectivity index (χ2v) is 4.99. The van der Waals surface area contributed by atoms with Crippen molar-refractivity contribution in [3.05, 3.63) is 65.5 Å². The van der Waals surface area contributed by atoms with Crippen molar-refractivity contribution >= 4 is 22.5 Å². The number of aromatic nitrogens is 2. The van der Waals surface area contributed by atoms with Gasteiger partial charge in [0.25, 0.3) is 0 Å². The monoisotopic (exact) mass is 277 g/mol. The van der Waals surface area contributed by atoms with E-state index in [2.05, 4.69) is 9.97 Å². The number of para-hydroxylation sites is 1. The molecule has 0 fully saturated rings. The van der Waals surface area contributed by atoms with Crippen molar-refractivity contribution < 1.29 is 4.79 Å². The summed E-state index contributed by atoms with van der Waals surface area (Å²) in [7, 11) is 0. The van der Waals surface area contributed by atoms with Crippen molar-refractivity contribution in [2.75, 3.05) is 5.73 Å². The third-order valence-electron chi connectivity index (χ3n) is 3.49. The first kappa shape index (κ1) is 13.2. The number of Topliss-reactive ketones (excluding diaryl/α,β-unsaturated/α-hetero) is 1. The van der Waals surface area contributed by atoms with E-state index in [1.54, 1.807) is 12.3 Å². The molecule has 0 aliphatic heterocycles. The molecule has 104 valence electrons. The number of nitrogens with two attached hydrogens (primary N) is 1. The maximum Gasteiger partial charge on any atom is 0.185 e. The van der Waals surface area contributed by atoms with E-state index in [9.17, 15) is 4.79 Å². The van der Waals surface area contributed by atoms with E-state index in [-0.39, 0.29) is 12.2 Å². The first-order valence-electron chi connectivity index (χ1n) is 6.74. The summed E-state index contributed by atoms with van der Waals surface area (Å²) in [6, 6.07) is 13.2. The Morgan fingerprint density at radius 1 is 1.19 bits per heavy atom. The Balaban J connectivity index is 1.97. The van der Waals surface area contributed by atoms with Gasteiger partial charge in [-0.3, -0.25) is 4.79 Å². The Hall–Kier alpha value is -2.75. The molecule has 0 amide bonds. The normalized spacial score (nSPS) is 10.7. The van der Waals surface area contributed by atoms with Crippen LogP contribution < -0.4 is 5.73 Å². The van der Waals surface area contributed by atoms with Gasteiger partial charge in [-0.15, -0.1) is 0 Å². The van der Waals surface area contributed by atoms with Crippen LogP contribution in [0, 0.1) is 6.92 Å². The second-order valence-electron chi connectivity index (χ2n) is 4.99. The Kier molecular flexibility index (Phi) is 3.36. The van der Waals surface area contributed by atoms with Gasteiger partial charge in [0, 0.05) is 23.6 Å². The van der Waals surface area contributed by atoms with E-state index >= 15 is 0 Å². The number of benzene rings is 1. The van der Waals surface area contributed by atoms with Gasteiger partial charge in [0.1, 0.15) is 11.5 Å². The zero-order valence-corrected chi connectivity index (χ0v) is 11.7. The van der Waals surface area contributed by atoms with Crippen LogP contribution in [0.5, 0.6) is 0 Å². The predicted molar refractivity (Wildman–Crippen MR) is 83.2 cm³/mol. The fourth-order valence-corrected chi connectivity index (χ4v) is 2.36. The van der Waals surface area contributed by atoms with Gasteiger partial charge < -0.3 is 5.73 Å². The standard InChI is InChI=1S/C17H15N3O/c1-11-9-15(20-14-7-3-2-6-13(11)14)16(21)10-12-5-4-8-19-17(12)18/h2-9H,10H2,1H3,(H2,18,19). The number of anilines is 1. The summed E-state index contributed by atoms with van der Waals surface area (Å²) in [5.41, 5.74) is 8.86. The molecular weight excluding hydrogens is 262 g/mol. The molecule has 2 heterocycles. The first-order chi connectivity index (χ1) is 10.1. The molecule has 4 heteroatoms. The van der Waals surface area contributed by atoms with Gasteiger partial charge in [0.05, 0.1) is 5.52 Å². The summed E-state index contributed by atoms with van der Waals surface area (Å²) >= 11 is 0. The summed E-state index contributed by atoms with van der Waals surface area (Å²) in [6.07, 6.45) is 1.83. The van der Waals surface area contributed by atoms with Gasteiger partial charge in [0.2, 0.25) is 0 Å². The fourth-order valence-electron chi connectivity index (χ4n) is 2.36. The van der Waals surface area contributed by atoms with Crippen molar-refractivity contribution in [1.29, 1.82) is 0 Å². The summed E-state index contributed by atoms with van der Waals surface area (Å²) in [6.45, 7) is 1.99. The molecule has 0 aliphatic rings. The third kappa shape index (κ3) is 2.60. The van der Waals surface area contributed by atoms with Gasteiger partial charge in [0.15, 0.2) is 5.78 Å². The minimum Gasteiger partial charge on any atom is -0.383 e. The number of fused-ring (bicyclic) bond motifs is 1. The van der Waals surface area contributed by atoms with Crippen molar-refractivity contribution in [2.24, 2.45) is 0 Å². The number of carbonyl (C=O) groups is 1. The molecular formula is C17H15N3O. The molecule has 0 radical (unpaired) electrons. The largest absolute Gasteiger partial charge is 0.383 e. The van der Waals surface area contributed by atoms with Crippen molar-refractivity contribution in [3.63, 3.8) is 0 Å². The molecule has 0 unspecified atom stereocenters. The molecule has 4 nitrogen and oxygen atoms in total. The van der Waals surface area contributed by atoms with E-state index in [0.29, 0.717) is 11.5 Å². The highest BCUT2D eigenvalue weighted by Crippen LogP contribution is 2.19. The highest BCUT2D eigenvalue weighted by Gasteiger charge is 2.13. The molecule has 21 heavy (non-hydrogen) atoms. The van der Waals surface area contributed by atoms with Gasteiger partial charge in [-0.1, -0.05) is 24.3 Å². The van der Waals surface area contributed by atoms with E-state index in [0.717, 1.165) is 22.0 Å². The lowest BCUT2D eigenvalue weighted by Gasteiger charge is -2.07. The molecule has 0 spiro atoms. The van der Waals surface area contributed by atoms with Gasteiger partial charge >= 0.3 is 0 Å². The Bertz CT molecular complexity index is 827. The highest BCUT2D eigenvalue weighted by molar-refractivity contribution is 5.98. The van der Waals surface area contributed by atoms with E-state index in [1.807, 2.05) is 43.3 Å². The Morgan fingerprint density at radius 3 is 2.81 bits per heavy atom. The van der Waals surface area contributed by atoms with Crippen LogP contribution in [0.25, 0.3) is 10.9 Å². The fraction of sp³-hybridized carbons (Fsp3) is 0.118. The SMILES string of the molecule is Cc1cc(C(=O)Cc2cccnc2N)nc2ccccc12. The van der Waals surface area contributed by atoms with Gasteiger partial charge in [-0.2, -0.15) is 0 Å². The molecule has 1 aromatic carbocycles. The number of hydrogen-bond acceptors (Lipinski definition) is 4. The van der Waals surface area contributed by atoms with Crippen molar-refractivity contribution in [1.82, 2.24) is 9.97 Å². The van der Waals surface area contributed by atoms with Crippen LogP contribution in [0.4, 0.5) is 5.82 Å². The Labute approximate surface area is 122 Å². The molecule has 0 atom stereocenters. The van der Waals surface area contributed by atoms with Crippen LogP contribution in [0.1, 0.15) is 21.6 Å². The molecule has 0 saturated carbocycles. The number of ketones is 1. The zero-order valence-electron chi connectivity index (χ0n) is 11.7. The number of aryl methyl sites for hydroxylation is 1. The number of nitrogens with zero attached hydrogens (tertiary/aromatic N) is 2. The summed E-state index contributed by atoms with van der Waals surface area (Å²) in [4.78, 5) is 20.9. The van der Waals surface area contributed by atoms with Crippen LogP contribution >= 0.6 is 0 Å². The maximum absolute atomic E-state index is 12.4. The third-order valence-corrected chi connectivity index (χ3v) is 3.49. The van der Waals surface area contributed by atoms with E-state index < -0.39 is 0 Å². The molecule has 3 rings (SSSR count). The summed E-state index contributed by atoms with van der Waals surface area (Å²) in [5, 5.41) is 1.06. The lowest BCUT2D eigenvalue weighted by atomic mass is 10.0. The first-order valence-corrected chi connectivity index (χ1v) is 6.74. The number of carbonyl (C=O) groups excluding carboxylic acids is 1. The summed E-state index contributed by atoms with van der Waals surface area (Å²) in [5.74, 6) is 0.340. The number of rotatable bonds is 3. The Morgan fingerprint density at radius 2 is 2.00 bits per heavy atom. The minimum absolute atomic E-state index is 0.0523. The molecule has 3 aromatic rings. The summed E-state index contributed by atoms with van der Waals surface area (Å²) < 4.78 is 0. The average Bonchev–Trinajstić information content (AvgIpc) is 2.49. The lowest BCUT2D eigenvalue weighted by molar-refractivity contribution is 0.0988. The van der Waals surface area contributed by atoms with Crippen molar-refractivity contribution in [2.45, 2.75) is 13.3 Å². The van der Waals surface area contributed by atoms with Gasteiger partial charge in [-0.05, 0) is 30.7 Å². The molecule has 2 N–H and O–H groups in total. The van der Waals surface area contributed by atoms with Crippen LogP contribution in [-0.4, -0.2) is 15.8 Å². The molecule has 2 aromatic heterocycles. The second kappa shape index (κ2) is 5.32. The number of nitrogen functional groups attached to an aromatic ring is 1. The zero-order chi connectivity index (χ0) is 14.8. The number of hydrogen-bond donors (Lipinski definition) is 1. The smallest absolute Gasteiger partial charge is 0.185 e. The van der Waals surface area contributed by atoms with Crippen LogP contribution in [-0.2, 0) is 6.42 Å². The quantitative estimate of drug-likeness (QED) is 0.747. The lowest BCUT2D eigenvalue weighted by Crippen LogP contribution is -2.09. The average molecular weight is 277 g/mol.